The molecule has 0 saturated carbocycles. The lowest BCUT2D eigenvalue weighted by Gasteiger charge is -2.39. The predicted octanol–water partition coefficient (Wildman–Crippen LogP) is 2.60. The zero-order valence-electron chi connectivity index (χ0n) is 13.8. The summed E-state index contributed by atoms with van der Waals surface area (Å²) in [5, 5.41) is 15.0. The standard InChI is InChI=1S/C16H20N4O3S/c1-9-7-19(8-10(2)23-9)13(12-5-4-6-22-12)14-15(21)20-16(24-14)17-11(3)18-20/h4-6,9-10,13,21H,7-8H2,1-3H3/t9-,10-,13-/m1/s1. The average Bonchev–Trinajstić information content (AvgIpc) is 3.20. The second kappa shape index (κ2) is 5.87. The Kier molecular flexibility index (Phi) is 3.82. The van der Waals surface area contributed by atoms with E-state index in [-0.39, 0.29) is 24.1 Å². The smallest absolute Gasteiger partial charge is 0.230 e. The van der Waals surface area contributed by atoms with Gasteiger partial charge in [0.05, 0.1) is 23.3 Å². The van der Waals surface area contributed by atoms with Gasteiger partial charge in [0.2, 0.25) is 10.8 Å². The van der Waals surface area contributed by atoms with Gasteiger partial charge in [-0.2, -0.15) is 4.52 Å². The van der Waals surface area contributed by atoms with Crippen molar-refractivity contribution in [2.24, 2.45) is 0 Å². The Morgan fingerprint density at radius 3 is 2.71 bits per heavy atom. The molecule has 128 valence electrons. The SMILES string of the molecule is Cc1nc2sc([C@@H](c3ccco3)N3C[C@@H](C)O[C@H](C)C3)c(O)n2n1. The van der Waals surface area contributed by atoms with Gasteiger partial charge in [0.1, 0.15) is 17.6 Å². The van der Waals surface area contributed by atoms with E-state index in [0.717, 1.165) is 23.7 Å². The molecule has 0 amide bonds. The van der Waals surface area contributed by atoms with Crippen molar-refractivity contribution in [1.82, 2.24) is 19.5 Å². The summed E-state index contributed by atoms with van der Waals surface area (Å²) in [5.74, 6) is 1.57. The topological polar surface area (TPSA) is 76.0 Å². The third-order valence-electron chi connectivity index (χ3n) is 4.18. The van der Waals surface area contributed by atoms with E-state index in [1.807, 2.05) is 19.1 Å². The Morgan fingerprint density at radius 2 is 2.08 bits per heavy atom. The molecule has 1 aliphatic rings. The molecular formula is C16H20N4O3S. The van der Waals surface area contributed by atoms with Crippen LogP contribution in [0.2, 0.25) is 0 Å². The number of aromatic nitrogens is 3. The van der Waals surface area contributed by atoms with E-state index in [9.17, 15) is 5.11 Å². The van der Waals surface area contributed by atoms with Crippen LogP contribution in [0.25, 0.3) is 4.96 Å². The molecule has 1 fully saturated rings. The highest BCUT2D eigenvalue weighted by Crippen LogP contribution is 2.40. The molecule has 1 aliphatic heterocycles. The fraction of sp³-hybridized carbons (Fsp3) is 0.500. The molecule has 4 heterocycles. The summed E-state index contributed by atoms with van der Waals surface area (Å²) in [4.78, 5) is 8.14. The van der Waals surface area contributed by atoms with Crippen molar-refractivity contribution in [2.75, 3.05) is 13.1 Å². The molecular weight excluding hydrogens is 328 g/mol. The zero-order valence-corrected chi connectivity index (χ0v) is 14.7. The summed E-state index contributed by atoms with van der Waals surface area (Å²) in [6.07, 6.45) is 1.91. The van der Waals surface area contributed by atoms with Gasteiger partial charge < -0.3 is 14.3 Å². The first-order chi connectivity index (χ1) is 11.5. The van der Waals surface area contributed by atoms with Crippen molar-refractivity contribution in [3.05, 3.63) is 34.9 Å². The maximum atomic E-state index is 10.7. The van der Waals surface area contributed by atoms with Crippen molar-refractivity contribution < 1.29 is 14.3 Å². The molecule has 8 heteroatoms. The lowest BCUT2D eigenvalue weighted by Crippen LogP contribution is -2.47. The number of hydrogen-bond acceptors (Lipinski definition) is 7. The van der Waals surface area contributed by atoms with Crippen LogP contribution >= 0.6 is 11.3 Å². The lowest BCUT2D eigenvalue weighted by atomic mass is 10.1. The number of aryl methyl sites for hydroxylation is 1. The molecule has 0 aromatic carbocycles. The summed E-state index contributed by atoms with van der Waals surface area (Å²) in [6.45, 7) is 7.47. The van der Waals surface area contributed by atoms with Crippen LogP contribution in [0, 0.1) is 6.92 Å². The molecule has 3 aromatic rings. The van der Waals surface area contributed by atoms with Crippen LogP contribution in [0.4, 0.5) is 0 Å². The Bertz CT molecular complexity index is 831. The Morgan fingerprint density at radius 1 is 1.33 bits per heavy atom. The Balaban J connectivity index is 1.80. The normalized spacial score (nSPS) is 23.8. The summed E-state index contributed by atoms with van der Waals surface area (Å²) in [7, 11) is 0. The number of furan rings is 1. The lowest BCUT2D eigenvalue weighted by molar-refractivity contribution is -0.0781. The molecule has 3 aromatic heterocycles. The highest BCUT2D eigenvalue weighted by atomic mass is 32.1. The van der Waals surface area contributed by atoms with Gasteiger partial charge in [-0.25, -0.2) is 4.98 Å². The number of fused-ring (bicyclic) bond motifs is 1. The van der Waals surface area contributed by atoms with E-state index < -0.39 is 0 Å². The first-order valence-corrected chi connectivity index (χ1v) is 8.82. The number of ether oxygens (including phenoxy) is 1. The fourth-order valence-corrected chi connectivity index (χ4v) is 4.52. The van der Waals surface area contributed by atoms with Gasteiger partial charge in [0.25, 0.3) is 0 Å². The number of nitrogens with zero attached hydrogens (tertiary/aromatic N) is 4. The van der Waals surface area contributed by atoms with Crippen molar-refractivity contribution in [3.8, 4) is 5.88 Å². The molecule has 0 radical (unpaired) electrons. The molecule has 0 bridgehead atoms. The Labute approximate surface area is 143 Å². The molecule has 24 heavy (non-hydrogen) atoms. The second-order valence-corrected chi connectivity index (χ2v) is 7.28. The molecule has 0 unspecified atom stereocenters. The van der Waals surface area contributed by atoms with E-state index in [1.165, 1.54) is 15.9 Å². The van der Waals surface area contributed by atoms with Crippen LogP contribution in [0.1, 0.15) is 36.4 Å². The molecule has 1 N–H and O–H groups in total. The minimum Gasteiger partial charge on any atom is -0.492 e. The van der Waals surface area contributed by atoms with Crippen molar-refractivity contribution in [3.63, 3.8) is 0 Å². The molecule has 0 aliphatic carbocycles. The van der Waals surface area contributed by atoms with Gasteiger partial charge in [-0.15, -0.1) is 5.10 Å². The third kappa shape index (κ3) is 2.60. The van der Waals surface area contributed by atoms with E-state index in [4.69, 9.17) is 9.15 Å². The summed E-state index contributed by atoms with van der Waals surface area (Å²) in [5.41, 5.74) is 0. The first kappa shape index (κ1) is 15.6. The van der Waals surface area contributed by atoms with Crippen LogP contribution in [0.15, 0.2) is 22.8 Å². The summed E-state index contributed by atoms with van der Waals surface area (Å²) < 4.78 is 13.0. The summed E-state index contributed by atoms with van der Waals surface area (Å²) in [6, 6.07) is 3.63. The van der Waals surface area contributed by atoms with Crippen LogP contribution in [-0.4, -0.2) is 49.9 Å². The van der Waals surface area contributed by atoms with Gasteiger partial charge in [-0.1, -0.05) is 11.3 Å². The number of thiazole rings is 1. The van der Waals surface area contributed by atoms with E-state index in [1.54, 1.807) is 6.26 Å². The predicted molar refractivity (Wildman–Crippen MR) is 89.4 cm³/mol. The number of aromatic hydroxyl groups is 1. The largest absolute Gasteiger partial charge is 0.492 e. The van der Waals surface area contributed by atoms with Gasteiger partial charge in [0.15, 0.2) is 0 Å². The van der Waals surface area contributed by atoms with Gasteiger partial charge in [0, 0.05) is 13.1 Å². The van der Waals surface area contributed by atoms with Crippen LogP contribution in [-0.2, 0) is 4.74 Å². The highest BCUT2D eigenvalue weighted by molar-refractivity contribution is 7.17. The molecule has 1 saturated heterocycles. The number of morpholine rings is 1. The molecule has 0 spiro atoms. The highest BCUT2D eigenvalue weighted by Gasteiger charge is 2.35. The summed E-state index contributed by atoms with van der Waals surface area (Å²) >= 11 is 1.44. The van der Waals surface area contributed by atoms with E-state index in [2.05, 4.69) is 28.8 Å². The minimum absolute atomic E-state index is 0.123. The van der Waals surface area contributed by atoms with Crippen molar-refractivity contribution >= 4 is 16.3 Å². The maximum absolute atomic E-state index is 10.7. The monoisotopic (exact) mass is 348 g/mol. The number of hydrogen-bond donors (Lipinski definition) is 1. The van der Waals surface area contributed by atoms with Crippen molar-refractivity contribution in [2.45, 2.75) is 39.0 Å². The fourth-order valence-electron chi connectivity index (χ4n) is 3.38. The average molecular weight is 348 g/mol. The first-order valence-electron chi connectivity index (χ1n) is 8.01. The quantitative estimate of drug-likeness (QED) is 0.784. The van der Waals surface area contributed by atoms with Crippen LogP contribution in [0.5, 0.6) is 5.88 Å². The van der Waals surface area contributed by atoms with Gasteiger partial charge in [-0.3, -0.25) is 4.90 Å². The molecule has 3 atom stereocenters. The molecule has 7 nitrogen and oxygen atoms in total. The zero-order chi connectivity index (χ0) is 16.8. The second-order valence-electron chi connectivity index (χ2n) is 6.27. The Hall–Kier alpha value is -1.90. The third-order valence-corrected chi connectivity index (χ3v) is 5.25. The van der Waals surface area contributed by atoms with E-state index in [0.29, 0.717) is 10.8 Å². The van der Waals surface area contributed by atoms with Crippen LogP contribution < -0.4 is 0 Å². The van der Waals surface area contributed by atoms with Gasteiger partial charge in [-0.05, 0) is 32.9 Å². The van der Waals surface area contributed by atoms with Gasteiger partial charge >= 0.3 is 0 Å². The molecule has 4 rings (SSSR count). The van der Waals surface area contributed by atoms with Crippen LogP contribution in [0.3, 0.4) is 0 Å². The van der Waals surface area contributed by atoms with Crippen molar-refractivity contribution in [1.29, 1.82) is 0 Å². The minimum atomic E-state index is -0.178. The maximum Gasteiger partial charge on any atom is 0.230 e. The van der Waals surface area contributed by atoms with E-state index >= 15 is 0 Å². The number of rotatable bonds is 3.